The van der Waals surface area contributed by atoms with E-state index in [1.165, 1.54) is 18.6 Å². The van der Waals surface area contributed by atoms with Gasteiger partial charge in [-0.2, -0.15) is 0 Å². The fourth-order valence-corrected chi connectivity index (χ4v) is 4.26. The van der Waals surface area contributed by atoms with Crippen LogP contribution >= 0.6 is 0 Å². The summed E-state index contributed by atoms with van der Waals surface area (Å²) in [6.07, 6.45) is 6.62. The van der Waals surface area contributed by atoms with Crippen molar-refractivity contribution in [1.82, 2.24) is 10.2 Å². The molecule has 1 heterocycles. The number of ether oxygens (including phenoxy) is 1. The molecule has 1 saturated heterocycles. The van der Waals surface area contributed by atoms with Crippen LogP contribution in [0, 0.1) is 5.82 Å². The Morgan fingerprint density at radius 1 is 1.10 bits per heavy atom. The fourth-order valence-electron chi connectivity index (χ4n) is 4.26. The Labute approximate surface area is 172 Å². The molecule has 1 amide bonds. The number of hydrogen-bond acceptors (Lipinski definition) is 3. The van der Waals surface area contributed by atoms with Crippen molar-refractivity contribution in [3.63, 3.8) is 0 Å². The van der Waals surface area contributed by atoms with Crippen LogP contribution in [0.15, 0.2) is 42.5 Å². The second-order valence-electron chi connectivity index (χ2n) is 8.16. The van der Waals surface area contributed by atoms with E-state index in [1.54, 1.807) is 13.2 Å². The third kappa shape index (κ3) is 4.61. The van der Waals surface area contributed by atoms with Gasteiger partial charge in [-0.1, -0.05) is 30.7 Å². The fraction of sp³-hybridized carbons (Fsp3) is 0.458. The molecular weight excluding hydrogens is 367 g/mol. The number of carbonyl (C=O) groups excluding carboxylic acids is 1. The molecule has 5 heteroatoms. The predicted molar refractivity (Wildman–Crippen MR) is 112 cm³/mol. The van der Waals surface area contributed by atoms with E-state index >= 15 is 0 Å². The van der Waals surface area contributed by atoms with Crippen LogP contribution in [0.25, 0.3) is 11.1 Å². The monoisotopic (exact) mass is 396 g/mol. The van der Waals surface area contributed by atoms with Gasteiger partial charge in [0.2, 0.25) is 5.91 Å². The minimum absolute atomic E-state index is 0.0349. The van der Waals surface area contributed by atoms with Crippen LogP contribution in [0.3, 0.4) is 0 Å². The smallest absolute Gasteiger partial charge is 0.237 e. The van der Waals surface area contributed by atoms with Gasteiger partial charge in [-0.25, -0.2) is 4.39 Å². The van der Waals surface area contributed by atoms with Gasteiger partial charge in [0.25, 0.3) is 0 Å². The normalized spacial score (nSPS) is 20.1. The molecule has 0 radical (unpaired) electrons. The molecule has 2 aromatic rings. The number of rotatable bonds is 6. The van der Waals surface area contributed by atoms with Crippen LogP contribution in [-0.4, -0.2) is 36.5 Å². The van der Waals surface area contributed by atoms with Crippen LogP contribution in [0.1, 0.15) is 44.1 Å². The van der Waals surface area contributed by atoms with Crippen LogP contribution in [0.4, 0.5) is 4.39 Å². The van der Waals surface area contributed by atoms with Gasteiger partial charge in [-0.3, -0.25) is 9.69 Å². The number of piperidine rings is 1. The van der Waals surface area contributed by atoms with Gasteiger partial charge >= 0.3 is 0 Å². The van der Waals surface area contributed by atoms with Crippen molar-refractivity contribution in [1.29, 1.82) is 0 Å². The Hall–Kier alpha value is -2.40. The van der Waals surface area contributed by atoms with Crippen LogP contribution in [0.5, 0.6) is 5.75 Å². The standard InChI is InChI=1S/C24H29FN2O2/c1-29-23-13-12-19(25)15-21(23)18-10-8-17(9-11-18)16-27-14-3-2-7-22(27)24(28)26-20-5-4-6-20/h8-13,15,20,22H,2-7,14,16H2,1H3,(H,26,28). The molecule has 0 bridgehead atoms. The Kier molecular flexibility index (Phi) is 6.14. The third-order valence-electron chi connectivity index (χ3n) is 6.18. The maximum Gasteiger partial charge on any atom is 0.237 e. The Morgan fingerprint density at radius 3 is 2.59 bits per heavy atom. The first-order valence-electron chi connectivity index (χ1n) is 10.6. The molecule has 4 nitrogen and oxygen atoms in total. The summed E-state index contributed by atoms with van der Waals surface area (Å²) in [6, 6.07) is 13.0. The van der Waals surface area contributed by atoms with Crippen LogP contribution in [0.2, 0.25) is 0 Å². The number of halogens is 1. The Bertz CT molecular complexity index is 848. The predicted octanol–water partition coefficient (Wildman–Crippen LogP) is 4.52. The van der Waals surface area contributed by atoms with Crippen molar-refractivity contribution >= 4 is 5.91 Å². The van der Waals surface area contributed by atoms with Crippen molar-refractivity contribution in [3.8, 4) is 16.9 Å². The van der Waals surface area contributed by atoms with Crippen molar-refractivity contribution in [2.75, 3.05) is 13.7 Å². The lowest BCUT2D eigenvalue weighted by atomic mass is 9.92. The van der Waals surface area contributed by atoms with E-state index < -0.39 is 0 Å². The highest BCUT2D eigenvalue weighted by Gasteiger charge is 2.31. The Morgan fingerprint density at radius 2 is 1.90 bits per heavy atom. The molecule has 1 saturated carbocycles. The number of hydrogen-bond donors (Lipinski definition) is 1. The summed E-state index contributed by atoms with van der Waals surface area (Å²) in [5.41, 5.74) is 2.82. The van der Waals surface area contributed by atoms with Gasteiger partial charge in [0, 0.05) is 18.2 Å². The topological polar surface area (TPSA) is 41.6 Å². The van der Waals surface area contributed by atoms with E-state index in [0.29, 0.717) is 11.8 Å². The minimum atomic E-state index is -0.279. The number of likely N-dealkylation sites (tertiary alicyclic amines) is 1. The molecule has 2 aliphatic rings. The number of methoxy groups -OCH3 is 1. The number of benzene rings is 2. The average molecular weight is 397 g/mol. The first-order chi connectivity index (χ1) is 14.1. The SMILES string of the molecule is COc1ccc(F)cc1-c1ccc(CN2CCCCC2C(=O)NC2CCC2)cc1. The van der Waals surface area contributed by atoms with Crippen molar-refractivity contribution < 1.29 is 13.9 Å². The first kappa shape index (κ1) is 19.9. The van der Waals surface area contributed by atoms with Crippen LogP contribution < -0.4 is 10.1 Å². The first-order valence-corrected chi connectivity index (χ1v) is 10.6. The van der Waals surface area contributed by atoms with E-state index in [2.05, 4.69) is 22.3 Å². The zero-order chi connectivity index (χ0) is 20.2. The summed E-state index contributed by atoms with van der Waals surface area (Å²) in [5, 5.41) is 3.22. The lowest BCUT2D eigenvalue weighted by molar-refractivity contribution is -0.129. The molecule has 0 aromatic heterocycles. The summed E-state index contributed by atoms with van der Waals surface area (Å²) >= 11 is 0. The van der Waals surface area contributed by atoms with Gasteiger partial charge in [0.15, 0.2) is 0 Å². The molecule has 154 valence electrons. The van der Waals surface area contributed by atoms with Gasteiger partial charge in [-0.05, 0) is 68.0 Å². The quantitative estimate of drug-likeness (QED) is 0.780. The second kappa shape index (κ2) is 8.95. The third-order valence-corrected chi connectivity index (χ3v) is 6.18. The van der Waals surface area contributed by atoms with E-state index in [-0.39, 0.29) is 17.8 Å². The van der Waals surface area contributed by atoms with E-state index in [9.17, 15) is 9.18 Å². The summed E-state index contributed by atoms with van der Waals surface area (Å²) in [5.74, 6) is 0.567. The van der Waals surface area contributed by atoms with E-state index in [1.807, 2.05) is 12.1 Å². The zero-order valence-electron chi connectivity index (χ0n) is 17.0. The van der Waals surface area contributed by atoms with Crippen molar-refractivity contribution in [2.45, 2.75) is 57.2 Å². The number of carbonyl (C=O) groups is 1. The molecular formula is C24H29FN2O2. The molecule has 4 rings (SSSR count). The summed E-state index contributed by atoms with van der Waals surface area (Å²) < 4.78 is 19.1. The molecule has 1 aliphatic heterocycles. The second-order valence-corrected chi connectivity index (χ2v) is 8.16. The molecule has 2 fully saturated rings. The molecule has 2 aromatic carbocycles. The number of nitrogens with zero attached hydrogens (tertiary/aromatic N) is 1. The van der Waals surface area contributed by atoms with Crippen LogP contribution in [-0.2, 0) is 11.3 Å². The van der Waals surface area contributed by atoms with E-state index in [0.717, 1.165) is 61.9 Å². The number of amides is 1. The highest BCUT2D eigenvalue weighted by molar-refractivity contribution is 5.82. The highest BCUT2D eigenvalue weighted by atomic mass is 19.1. The largest absolute Gasteiger partial charge is 0.496 e. The van der Waals surface area contributed by atoms with Gasteiger partial charge in [-0.15, -0.1) is 0 Å². The molecule has 1 aliphatic carbocycles. The maximum absolute atomic E-state index is 13.7. The molecule has 1 unspecified atom stereocenters. The molecule has 29 heavy (non-hydrogen) atoms. The summed E-state index contributed by atoms with van der Waals surface area (Å²) in [6.45, 7) is 1.70. The highest BCUT2D eigenvalue weighted by Crippen LogP contribution is 2.31. The number of nitrogens with one attached hydrogen (secondary N) is 1. The Balaban J connectivity index is 1.46. The maximum atomic E-state index is 13.7. The minimum Gasteiger partial charge on any atom is -0.496 e. The summed E-state index contributed by atoms with van der Waals surface area (Å²) in [4.78, 5) is 15.0. The molecule has 1 atom stereocenters. The average Bonchev–Trinajstić information content (AvgIpc) is 2.71. The summed E-state index contributed by atoms with van der Waals surface area (Å²) in [7, 11) is 1.59. The van der Waals surface area contributed by atoms with Crippen molar-refractivity contribution in [2.24, 2.45) is 0 Å². The van der Waals surface area contributed by atoms with E-state index in [4.69, 9.17) is 4.74 Å². The van der Waals surface area contributed by atoms with Gasteiger partial charge in [0.05, 0.1) is 13.2 Å². The lowest BCUT2D eigenvalue weighted by Gasteiger charge is -2.37. The molecule has 1 N–H and O–H groups in total. The van der Waals surface area contributed by atoms with Gasteiger partial charge < -0.3 is 10.1 Å². The van der Waals surface area contributed by atoms with Gasteiger partial charge in [0.1, 0.15) is 11.6 Å². The lowest BCUT2D eigenvalue weighted by Crippen LogP contribution is -2.52. The molecule has 0 spiro atoms. The zero-order valence-corrected chi connectivity index (χ0v) is 17.0. The van der Waals surface area contributed by atoms with Crippen molar-refractivity contribution in [3.05, 3.63) is 53.8 Å².